The van der Waals surface area contributed by atoms with Crippen LogP contribution in [0, 0.1) is 13.8 Å². The lowest BCUT2D eigenvalue weighted by molar-refractivity contribution is -0.132. The summed E-state index contributed by atoms with van der Waals surface area (Å²) < 4.78 is 10.6. The molecule has 4 rings (SSSR count). The van der Waals surface area contributed by atoms with Crippen LogP contribution in [0.5, 0.6) is 17.2 Å². The average molecular weight is 494 g/mol. The molecule has 35 heavy (non-hydrogen) atoms. The minimum atomic E-state index is -1.00. The van der Waals surface area contributed by atoms with Gasteiger partial charge in [-0.25, -0.2) is 0 Å². The molecule has 0 aromatic heterocycles. The molecule has 0 spiro atoms. The van der Waals surface area contributed by atoms with Crippen molar-refractivity contribution in [1.29, 1.82) is 0 Å². The zero-order valence-corrected chi connectivity index (χ0v) is 20.4. The monoisotopic (exact) mass is 493 g/mol. The van der Waals surface area contributed by atoms with Gasteiger partial charge in [0.15, 0.2) is 0 Å². The standard InChI is InChI=1S/C27H24ClNO6/c1-14-8-9-17(10-15(14)2)29-24(16-6-5-7-18(30)11-16)23(26(32)27(29)33)25(31)19-12-20(28)22(35-4)13-21(19)34-3/h5-13,24,30-31H,1-4H3/b25-23+. The van der Waals surface area contributed by atoms with E-state index in [9.17, 15) is 19.8 Å². The highest BCUT2D eigenvalue weighted by atomic mass is 35.5. The molecule has 0 saturated carbocycles. The second kappa shape index (κ2) is 9.35. The van der Waals surface area contributed by atoms with E-state index in [1.807, 2.05) is 19.9 Å². The molecule has 0 aliphatic carbocycles. The van der Waals surface area contributed by atoms with Crippen LogP contribution in [0.4, 0.5) is 5.69 Å². The maximum absolute atomic E-state index is 13.4. The summed E-state index contributed by atoms with van der Waals surface area (Å²) in [6, 6.07) is 13.5. The first-order valence-electron chi connectivity index (χ1n) is 10.8. The molecule has 1 aliphatic heterocycles. The number of aryl methyl sites for hydroxylation is 2. The molecule has 1 unspecified atom stereocenters. The molecule has 1 amide bonds. The van der Waals surface area contributed by atoms with Crippen LogP contribution in [0.3, 0.4) is 0 Å². The lowest BCUT2D eigenvalue weighted by Gasteiger charge is -2.26. The van der Waals surface area contributed by atoms with E-state index in [1.54, 1.807) is 24.3 Å². The minimum Gasteiger partial charge on any atom is -0.508 e. The number of hydrogen-bond acceptors (Lipinski definition) is 6. The predicted octanol–water partition coefficient (Wildman–Crippen LogP) is 5.31. The third-order valence-corrected chi connectivity index (χ3v) is 6.42. The number of ether oxygens (including phenoxy) is 2. The molecule has 8 heteroatoms. The molecule has 180 valence electrons. The van der Waals surface area contributed by atoms with Crippen molar-refractivity contribution in [2.45, 2.75) is 19.9 Å². The number of halogens is 1. The number of aromatic hydroxyl groups is 1. The van der Waals surface area contributed by atoms with Gasteiger partial charge in [-0.3, -0.25) is 14.5 Å². The number of nitrogens with zero attached hydrogens (tertiary/aromatic N) is 1. The van der Waals surface area contributed by atoms with Crippen molar-refractivity contribution < 1.29 is 29.3 Å². The van der Waals surface area contributed by atoms with Crippen molar-refractivity contribution in [3.8, 4) is 17.2 Å². The number of hydrogen-bond donors (Lipinski definition) is 2. The number of carbonyl (C=O) groups is 2. The van der Waals surface area contributed by atoms with Gasteiger partial charge in [0.2, 0.25) is 0 Å². The van der Waals surface area contributed by atoms with E-state index in [4.69, 9.17) is 21.1 Å². The Labute approximate surface area is 207 Å². The first-order valence-corrected chi connectivity index (χ1v) is 11.1. The molecular weight excluding hydrogens is 470 g/mol. The number of phenols is 1. The van der Waals surface area contributed by atoms with Gasteiger partial charge in [0.25, 0.3) is 11.7 Å². The fraction of sp³-hybridized carbons (Fsp3) is 0.185. The smallest absolute Gasteiger partial charge is 0.300 e. The molecular formula is C27H24ClNO6. The van der Waals surface area contributed by atoms with Crippen molar-refractivity contribution in [2.75, 3.05) is 19.1 Å². The maximum atomic E-state index is 13.4. The highest BCUT2D eigenvalue weighted by molar-refractivity contribution is 6.51. The Morgan fingerprint density at radius 1 is 0.943 bits per heavy atom. The van der Waals surface area contributed by atoms with Crippen LogP contribution in [0.1, 0.15) is 28.3 Å². The Morgan fingerprint density at radius 3 is 2.29 bits per heavy atom. The van der Waals surface area contributed by atoms with Crippen LogP contribution in [-0.2, 0) is 9.59 Å². The van der Waals surface area contributed by atoms with Crippen LogP contribution < -0.4 is 14.4 Å². The molecule has 1 fully saturated rings. The highest BCUT2D eigenvalue weighted by Crippen LogP contribution is 2.45. The van der Waals surface area contributed by atoms with Crippen molar-refractivity contribution in [3.05, 3.63) is 87.4 Å². The van der Waals surface area contributed by atoms with Crippen molar-refractivity contribution in [1.82, 2.24) is 0 Å². The molecule has 0 bridgehead atoms. The molecule has 1 aliphatic rings. The summed E-state index contributed by atoms with van der Waals surface area (Å²) in [5.74, 6) is -1.65. The van der Waals surface area contributed by atoms with Crippen LogP contribution in [0.25, 0.3) is 5.76 Å². The predicted molar refractivity (Wildman–Crippen MR) is 133 cm³/mol. The van der Waals surface area contributed by atoms with Gasteiger partial charge in [0, 0.05) is 11.8 Å². The first-order chi connectivity index (χ1) is 16.7. The molecule has 3 aromatic carbocycles. The number of methoxy groups -OCH3 is 2. The highest BCUT2D eigenvalue weighted by Gasteiger charge is 2.47. The second-order valence-corrected chi connectivity index (χ2v) is 8.63. The number of aliphatic hydroxyl groups is 1. The van der Waals surface area contributed by atoms with Gasteiger partial charge < -0.3 is 19.7 Å². The summed E-state index contributed by atoms with van der Waals surface area (Å²) in [5, 5.41) is 21.7. The molecule has 2 N–H and O–H groups in total. The van der Waals surface area contributed by atoms with Crippen molar-refractivity contribution >= 4 is 34.7 Å². The van der Waals surface area contributed by atoms with E-state index >= 15 is 0 Å². The zero-order chi connectivity index (χ0) is 25.4. The van der Waals surface area contributed by atoms with Crippen LogP contribution in [0.2, 0.25) is 5.02 Å². The van der Waals surface area contributed by atoms with Gasteiger partial charge in [0.05, 0.1) is 36.4 Å². The third kappa shape index (κ3) is 4.19. The topological polar surface area (TPSA) is 96.3 Å². The Bertz CT molecular complexity index is 1380. The molecule has 1 atom stereocenters. The van der Waals surface area contributed by atoms with Gasteiger partial charge in [0.1, 0.15) is 23.0 Å². The van der Waals surface area contributed by atoms with Crippen LogP contribution in [-0.4, -0.2) is 36.1 Å². The Hall–Kier alpha value is -3.97. The SMILES string of the molecule is COc1cc(OC)c(/C(O)=C2\C(=O)C(=O)N(c3ccc(C)c(C)c3)C2c2cccc(O)c2)cc1Cl. The fourth-order valence-electron chi connectivity index (χ4n) is 4.17. The van der Waals surface area contributed by atoms with Crippen LogP contribution in [0.15, 0.2) is 60.2 Å². The largest absolute Gasteiger partial charge is 0.508 e. The minimum absolute atomic E-state index is 0.0433. The Kier molecular flexibility index (Phi) is 6.45. The number of carbonyl (C=O) groups excluding carboxylic acids is 2. The lowest BCUT2D eigenvalue weighted by atomic mass is 9.94. The molecule has 7 nitrogen and oxygen atoms in total. The van der Waals surface area contributed by atoms with E-state index in [2.05, 4.69) is 0 Å². The number of rotatable bonds is 5. The Morgan fingerprint density at radius 2 is 1.66 bits per heavy atom. The molecule has 3 aromatic rings. The number of phenolic OH excluding ortho intramolecular Hbond substituents is 1. The summed E-state index contributed by atoms with van der Waals surface area (Å²) >= 11 is 6.30. The Balaban J connectivity index is 2.00. The molecule has 1 heterocycles. The number of anilines is 1. The third-order valence-electron chi connectivity index (χ3n) is 6.13. The summed E-state index contributed by atoms with van der Waals surface area (Å²) in [7, 11) is 2.84. The summed E-state index contributed by atoms with van der Waals surface area (Å²) in [6.45, 7) is 3.85. The van der Waals surface area contributed by atoms with Gasteiger partial charge in [-0.05, 0) is 60.9 Å². The lowest BCUT2D eigenvalue weighted by Crippen LogP contribution is -2.29. The van der Waals surface area contributed by atoms with Crippen LogP contribution >= 0.6 is 11.6 Å². The van der Waals surface area contributed by atoms with E-state index < -0.39 is 23.5 Å². The number of ketones is 1. The summed E-state index contributed by atoms with van der Waals surface area (Å²) in [5.41, 5.74) is 2.87. The first kappa shape index (κ1) is 24.2. The van der Waals surface area contributed by atoms with Crippen molar-refractivity contribution in [2.24, 2.45) is 0 Å². The number of Topliss-reactive ketones (excluding diaryl/α,β-unsaturated/α-hetero) is 1. The van der Waals surface area contributed by atoms with Crippen molar-refractivity contribution in [3.63, 3.8) is 0 Å². The second-order valence-electron chi connectivity index (χ2n) is 8.22. The molecule has 1 saturated heterocycles. The average Bonchev–Trinajstić information content (AvgIpc) is 3.10. The fourth-order valence-corrected chi connectivity index (χ4v) is 4.42. The number of benzene rings is 3. The zero-order valence-electron chi connectivity index (χ0n) is 19.6. The van der Waals surface area contributed by atoms with Gasteiger partial charge in [-0.1, -0.05) is 29.8 Å². The van der Waals surface area contributed by atoms with E-state index in [0.717, 1.165) is 11.1 Å². The van der Waals surface area contributed by atoms with Gasteiger partial charge >= 0.3 is 0 Å². The summed E-state index contributed by atoms with van der Waals surface area (Å²) in [6.07, 6.45) is 0. The van der Waals surface area contributed by atoms with Gasteiger partial charge in [-0.15, -0.1) is 0 Å². The maximum Gasteiger partial charge on any atom is 0.300 e. The quantitative estimate of drug-likeness (QED) is 0.284. The normalized spacial score (nSPS) is 17.1. The van der Waals surface area contributed by atoms with Gasteiger partial charge in [-0.2, -0.15) is 0 Å². The van der Waals surface area contributed by atoms with E-state index in [0.29, 0.717) is 17.0 Å². The van der Waals surface area contributed by atoms with E-state index in [1.165, 1.54) is 43.4 Å². The number of amides is 1. The number of aliphatic hydroxyl groups excluding tert-OH is 1. The summed E-state index contributed by atoms with van der Waals surface area (Å²) in [4.78, 5) is 28.0. The van der Waals surface area contributed by atoms with E-state index in [-0.39, 0.29) is 27.7 Å². The molecule has 0 radical (unpaired) electrons.